The molecule has 0 bridgehead atoms. The molecule has 0 saturated heterocycles. The Balaban J connectivity index is 2.62. The molecule has 0 radical (unpaired) electrons. The number of benzene rings is 1. The van der Waals surface area contributed by atoms with E-state index < -0.39 is 0 Å². The molecule has 0 saturated carbocycles. The topological polar surface area (TPSA) is 44.5 Å². The Bertz CT molecular complexity index is 498. The van der Waals surface area contributed by atoms with Crippen molar-refractivity contribution in [3.63, 3.8) is 0 Å². The average molecular weight is 327 g/mol. The van der Waals surface area contributed by atoms with E-state index in [1.54, 1.807) is 0 Å². The minimum absolute atomic E-state index is 0.651. The number of ether oxygens (including phenoxy) is 2. The summed E-state index contributed by atoms with van der Waals surface area (Å²) >= 11 is 0. The zero-order valence-corrected chi connectivity index (χ0v) is 14.6. The van der Waals surface area contributed by atoms with E-state index in [9.17, 15) is 0 Å². The molecule has 0 fully saturated rings. The molecular formula is C21H29NO2. The summed E-state index contributed by atoms with van der Waals surface area (Å²) in [4.78, 5) is 0. The fraction of sp³-hybridized carbons (Fsp3) is 0.524. The van der Waals surface area contributed by atoms with E-state index >= 15 is 0 Å². The SMILES string of the molecule is C#CCCCCOc1cccc(OCCCCC#C)c1CCCN. The highest BCUT2D eigenvalue weighted by atomic mass is 16.5. The van der Waals surface area contributed by atoms with Gasteiger partial charge in [-0.05, 0) is 57.2 Å². The second-order valence-electron chi connectivity index (χ2n) is 5.64. The molecule has 3 nitrogen and oxygen atoms in total. The van der Waals surface area contributed by atoms with Gasteiger partial charge in [-0.3, -0.25) is 0 Å². The highest BCUT2D eigenvalue weighted by Crippen LogP contribution is 2.30. The lowest BCUT2D eigenvalue weighted by molar-refractivity contribution is 0.286. The van der Waals surface area contributed by atoms with Crippen molar-refractivity contribution in [1.29, 1.82) is 0 Å². The highest BCUT2D eigenvalue weighted by Gasteiger charge is 2.10. The summed E-state index contributed by atoms with van der Waals surface area (Å²) in [5.41, 5.74) is 6.78. The largest absolute Gasteiger partial charge is 0.493 e. The van der Waals surface area contributed by atoms with Crippen LogP contribution in [0.5, 0.6) is 11.5 Å². The number of unbranched alkanes of at least 4 members (excludes halogenated alkanes) is 4. The molecule has 1 aromatic carbocycles. The van der Waals surface area contributed by atoms with Gasteiger partial charge in [0.15, 0.2) is 0 Å². The van der Waals surface area contributed by atoms with Crippen molar-refractivity contribution in [2.24, 2.45) is 5.73 Å². The van der Waals surface area contributed by atoms with Gasteiger partial charge in [-0.1, -0.05) is 6.07 Å². The molecule has 24 heavy (non-hydrogen) atoms. The first-order chi connectivity index (χ1) is 11.8. The van der Waals surface area contributed by atoms with Crippen molar-refractivity contribution >= 4 is 0 Å². The average Bonchev–Trinajstić information content (AvgIpc) is 2.60. The van der Waals surface area contributed by atoms with E-state index in [2.05, 4.69) is 11.8 Å². The van der Waals surface area contributed by atoms with Crippen molar-refractivity contribution in [2.45, 2.75) is 51.4 Å². The summed E-state index contributed by atoms with van der Waals surface area (Å²) in [5, 5.41) is 0. The Morgan fingerprint density at radius 2 is 1.38 bits per heavy atom. The molecule has 1 rings (SSSR count). The predicted octanol–water partition coefficient (Wildman–Crippen LogP) is 3.94. The fourth-order valence-electron chi connectivity index (χ4n) is 2.36. The normalized spacial score (nSPS) is 9.96. The minimum Gasteiger partial charge on any atom is -0.493 e. The van der Waals surface area contributed by atoms with E-state index in [0.717, 1.165) is 68.4 Å². The van der Waals surface area contributed by atoms with Gasteiger partial charge >= 0.3 is 0 Å². The maximum atomic E-state index is 5.95. The van der Waals surface area contributed by atoms with Crippen LogP contribution in [0.2, 0.25) is 0 Å². The molecule has 0 aliphatic carbocycles. The minimum atomic E-state index is 0.651. The van der Waals surface area contributed by atoms with E-state index in [4.69, 9.17) is 28.1 Å². The maximum absolute atomic E-state index is 5.95. The Kier molecular flexibility index (Phi) is 11.1. The van der Waals surface area contributed by atoms with Crippen LogP contribution in [0.3, 0.4) is 0 Å². The third-order valence-electron chi connectivity index (χ3n) is 3.67. The molecular weight excluding hydrogens is 298 g/mol. The Morgan fingerprint density at radius 1 is 0.833 bits per heavy atom. The number of hydrogen-bond donors (Lipinski definition) is 1. The zero-order valence-electron chi connectivity index (χ0n) is 14.6. The van der Waals surface area contributed by atoms with E-state index in [1.807, 2.05) is 18.2 Å². The molecule has 0 heterocycles. The third kappa shape index (κ3) is 7.95. The summed E-state index contributed by atoms with van der Waals surface area (Å²) in [6.45, 7) is 1.99. The van der Waals surface area contributed by atoms with Gasteiger partial charge in [0.25, 0.3) is 0 Å². The van der Waals surface area contributed by atoms with Crippen LogP contribution < -0.4 is 15.2 Å². The van der Waals surface area contributed by atoms with E-state index in [0.29, 0.717) is 19.8 Å². The van der Waals surface area contributed by atoms with Crippen LogP contribution in [-0.2, 0) is 6.42 Å². The van der Waals surface area contributed by atoms with Gasteiger partial charge in [0.1, 0.15) is 11.5 Å². The van der Waals surface area contributed by atoms with Crippen LogP contribution in [-0.4, -0.2) is 19.8 Å². The van der Waals surface area contributed by atoms with Crippen molar-refractivity contribution in [2.75, 3.05) is 19.8 Å². The van der Waals surface area contributed by atoms with Gasteiger partial charge in [-0.2, -0.15) is 0 Å². The quantitative estimate of drug-likeness (QED) is 0.441. The Hall–Kier alpha value is -2.10. The van der Waals surface area contributed by atoms with Crippen molar-refractivity contribution in [1.82, 2.24) is 0 Å². The lowest BCUT2D eigenvalue weighted by Crippen LogP contribution is -2.07. The number of nitrogens with two attached hydrogens (primary N) is 1. The lowest BCUT2D eigenvalue weighted by atomic mass is 10.1. The molecule has 3 heteroatoms. The number of rotatable bonds is 13. The molecule has 2 N–H and O–H groups in total. The summed E-state index contributed by atoms with van der Waals surface area (Å²) in [5.74, 6) is 7.09. The van der Waals surface area contributed by atoms with E-state index in [1.165, 1.54) is 0 Å². The summed E-state index contributed by atoms with van der Waals surface area (Å²) in [7, 11) is 0. The van der Waals surface area contributed by atoms with Gasteiger partial charge in [0, 0.05) is 18.4 Å². The smallest absolute Gasteiger partial charge is 0.126 e. The van der Waals surface area contributed by atoms with Gasteiger partial charge in [0.2, 0.25) is 0 Å². The second-order valence-corrected chi connectivity index (χ2v) is 5.64. The van der Waals surface area contributed by atoms with Gasteiger partial charge in [-0.25, -0.2) is 0 Å². The first kappa shape index (κ1) is 19.9. The summed E-state index contributed by atoms with van der Waals surface area (Å²) in [6.07, 6.45) is 17.8. The van der Waals surface area contributed by atoms with Crippen LogP contribution in [0.15, 0.2) is 18.2 Å². The highest BCUT2D eigenvalue weighted by molar-refractivity contribution is 5.45. The first-order valence-corrected chi connectivity index (χ1v) is 8.78. The second kappa shape index (κ2) is 13.3. The Morgan fingerprint density at radius 3 is 1.83 bits per heavy atom. The molecule has 1 aromatic rings. The molecule has 0 aliphatic rings. The van der Waals surface area contributed by atoms with Crippen LogP contribution in [0, 0.1) is 24.7 Å². The van der Waals surface area contributed by atoms with Crippen molar-refractivity contribution in [3.8, 4) is 36.2 Å². The standard InChI is InChI=1S/C21H29NO2/c1-3-5-7-9-17-23-20-14-11-15-21(19(20)13-12-16-22)24-18-10-8-6-4-2/h1-2,11,14-15H,5-10,12-13,16-18,22H2. The third-order valence-corrected chi connectivity index (χ3v) is 3.67. The fourth-order valence-corrected chi connectivity index (χ4v) is 2.36. The van der Waals surface area contributed by atoms with Crippen molar-refractivity contribution < 1.29 is 9.47 Å². The molecule has 0 aromatic heterocycles. The van der Waals surface area contributed by atoms with Crippen LogP contribution >= 0.6 is 0 Å². The van der Waals surface area contributed by atoms with Crippen LogP contribution in [0.25, 0.3) is 0 Å². The number of hydrogen-bond acceptors (Lipinski definition) is 3. The van der Waals surface area contributed by atoms with Crippen molar-refractivity contribution in [3.05, 3.63) is 23.8 Å². The number of terminal acetylenes is 2. The zero-order chi connectivity index (χ0) is 17.5. The van der Waals surface area contributed by atoms with E-state index in [-0.39, 0.29) is 0 Å². The molecule has 0 unspecified atom stereocenters. The van der Waals surface area contributed by atoms with Crippen LogP contribution in [0.1, 0.15) is 50.5 Å². The monoisotopic (exact) mass is 327 g/mol. The predicted molar refractivity (Wildman–Crippen MR) is 100 cm³/mol. The molecule has 0 aliphatic heterocycles. The molecule has 130 valence electrons. The molecule has 0 spiro atoms. The van der Waals surface area contributed by atoms with Crippen LogP contribution in [0.4, 0.5) is 0 Å². The summed E-state index contributed by atoms with van der Waals surface area (Å²) in [6, 6.07) is 5.97. The molecule has 0 amide bonds. The lowest BCUT2D eigenvalue weighted by Gasteiger charge is -2.16. The first-order valence-electron chi connectivity index (χ1n) is 8.78. The summed E-state index contributed by atoms with van der Waals surface area (Å²) < 4.78 is 11.9. The Labute approximate surface area is 146 Å². The van der Waals surface area contributed by atoms with Gasteiger partial charge < -0.3 is 15.2 Å². The van der Waals surface area contributed by atoms with Gasteiger partial charge in [-0.15, -0.1) is 24.7 Å². The molecule has 0 atom stereocenters. The maximum Gasteiger partial charge on any atom is 0.126 e. The van der Waals surface area contributed by atoms with Gasteiger partial charge in [0.05, 0.1) is 13.2 Å².